The third-order valence-corrected chi connectivity index (χ3v) is 7.25. The van der Waals surface area contributed by atoms with Gasteiger partial charge in [-0.05, 0) is 44.4 Å². The molecule has 6 heteroatoms. The van der Waals surface area contributed by atoms with Gasteiger partial charge in [0.2, 0.25) is 10.0 Å². The van der Waals surface area contributed by atoms with Gasteiger partial charge < -0.3 is 5.73 Å². The van der Waals surface area contributed by atoms with Gasteiger partial charge in [0.05, 0.1) is 5.75 Å². The molecule has 1 aliphatic rings. The highest BCUT2D eigenvalue weighted by Gasteiger charge is 2.37. The standard InChI is InChI=1S/C15H24N2O2S2/c1-3-14-8-7-12(2)17(14)21(18,19)10-9-20-15-6-4-5-13(16)11-15/h4-6,11-12,14H,3,7-10,16H2,1-2H3. The van der Waals surface area contributed by atoms with E-state index in [0.29, 0.717) is 11.4 Å². The minimum Gasteiger partial charge on any atom is -0.399 e. The number of nitrogen functional groups attached to an aromatic ring is 1. The number of anilines is 1. The maximum absolute atomic E-state index is 12.6. The first kappa shape index (κ1) is 16.6. The number of hydrogen-bond donors (Lipinski definition) is 1. The summed E-state index contributed by atoms with van der Waals surface area (Å²) in [5, 5.41) is 0. The van der Waals surface area contributed by atoms with Crippen LogP contribution in [0.4, 0.5) is 5.69 Å². The van der Waals surface area contributed by atoms with E-state index >= 15 is 0 Å². The van der Waals surface area contributed by atoms with E-state index < -0.39 is 10.0 Å². The average molecular weight is 329 g/mol. The van der Waals surface area contributed by atoms with Gasteiger partial charge in [-0.15, -0.1) is 11.8 Å². The topological polar surface area (TPSA) is 63.4 Å². The molecule has 0 bridgehead atoms. The van der Waals surface area contributed by atoms with Crippen molar-refractivity contribution < 1.29 is 8.42 Å². The molecule has 1 saturated heterocycles. The second-order valence-electron chi connectivity index (χ2n) is 5.56. The van der Waals surface area contributed by atoms with Gasteiger partial charge in [0, 0.05) is 28.4 Å². The molecule has 0 saturated carbocycles. The summed E-state index contributed by atoms with van der Waals surface area (Å²) in [5.41, 5.74) is 6.44. The highest BCUT2D eigenvalue weighted by Crippen LogP contribution is 2.30. The molecule has 2 atom stereocenters. The zero-order chi connectivity index (χ0) is 15.5. The Morgan fingerprint density at radius 2 is 2.14 bits per heavy atom. The summed E-state index contributed by atoms with van der Waals surface area (Å²) < 4.78 is 26.9. The highest BCUT2D eigenvalue weighted by atomic mass is 32.2. The van der Waals surface area contributed by atoms with Gasteiger partial charge >= 0.3 is 0 Å². The van der Waals surface area contributed by atoms with Crippen LogP contribution in [0, 0.1) is 0 Å². The minimum absolute atomic E-state index is 0.136. The predicted octanol–water partition coefficient (Wildman–Crippen LogP) is 2.95. The average Bonchev–Trinajstić information content (AvgIpc) is 2.80. The Labute approximate surface area is 132 Å². The first-order valence-electron chi connectivity index (χ1n) is 7.43. The van der Waals surface area contributed by atoms with Crippen LogP contribution in [0.25, 0.3) is 0 Å². The van der Waals surface area contributed by atoms with Crippen molar-refractivity contribution >= 4 is 27.5 Å². The lowest BCUT2D eigenvalue weighted by Crippen LogP contribution is -2.41. The summed E-state index contributed by atoms with van der Waals surface area (Å²) in [4.78, 5) is 1.02. The Bertz CT molecular complexity index is 575. The highest BCUT2D eigenvalue weighted by molar-refractivity contribution is 8.00. The van der Waals surface area contributed by atoms with Crippen molar-refractivity contribution in [1.29, 1.82) is 0 Å². The van der Waals surface area contributed by atoms with Crippen LogP contribution >= 0.6 is 11.8 Å². The van der Waals surface area contributed by atoms with Crippen LogP contribution < -0.4 is 5.73 Å². The van der Waals surface area contributed by atoms with E-state index in [9.17, 15) is 8.42 Å². The SMILES string of the molecule is CCC1CCC(C)N1S(=O)(=O)CCSc1cccc(N)c1. The Kier molecular flexibility index (Phi) is 5.57. The van der Waals surface area contributed by atoms with Crippen LogP contribution in [0.1, 0.15) is 33.1 Å². The fourth-order valence-corrected chi connectivity index (χ4v) is 6.29. The van der Waals surface area contributed by atoms with Gasteiger partial charge in [-0.1, -0.05) is 13.0 Å². The fraction of sp³-hybridized carbons (Fsp3) is 0.600. The molecule has 1 fully saturated rings. The summed E-state index contributed by atoms with van der Waals surface area (Å²) in [6.07, 6.45) is 2.85. The Balaban J connectivity index is 1.95. The summed E-state index contributed by atoms with van der Waals surface area (Å²) >= 11 is 1.54. The molecule has 2 unspecified atom stereocenters. The monoisotopic (exact) mass is 328 g/mol. The number of thioether (sulfide) groups is 1. The molecular weight excluding hydrogens is 304 g/mol. The smallest absolute Gasteiger partial charge is 0.215 e. The second-order valence-corrected chi connectivity index (χ2v) is 8.72. The number of benzene rings is 1. The molecule has 0 aromatic heterocycles. The van der Waals surface area contributed by atoms with Gasteiger partial charge in [0.15, 0.2) is 0 Å². The molecule has 118 valence electrons. The quantitative estimate of drug-likeness (QED) is 0.644. The van der Waals surface area contributed by atoms with Gasteiger partial charge in [-0.3, -0.25) is 0 Å². The van der Waals surface area contributed by atoms with Gasteiger partial charge in [-0.2, -0.15) is 4.31 Å². The lowest BCUT2D eigenvalue weighted by atomic mass is 10.2. The molecule has 2 N–H and O–H groups in total. The molecular formula is C15H24N2O2S2. The largest absolute Gasteiger partial charge is 0.399 e. The summed E-state index contributed by atoms with van der Waals surface area (Å²) in [6, 6.07) is 7.88. The molecule has 0 amide bonds. The number of sulfonamides is 1. The molecule has 0 radical (unpaired) electrons. The minimum atomic E-state index is -3.17. The maximum Gasteiger partial charge on any atom is 0.215 e. The van der Waals surface area contributed by atoms with Crippen LogP contribution in [-0.2, 0) is 10.0 Å². The van der Waals surface area contributed by atoms with E-state index in [-0.39, 0.29) is 17.8 Å². The third-order valence-electron chi connectivity index (χ3n) is 3.97. The Hall–Kier alpha value is -0.720. The van der Waals surface area contributed by atoms with Crippen molar-refractivity contribution in [2.24, 2.45) is 0 Å². The van der Waals surface area contributed by atoms with E-state index in [1.807, 2.05) is 31.2 Å². The summed E-state index contributed by atoms with van der Waals surface area (Å²) in [7, 11) is -3.17. The van der Waals surface area contributed by atoms with Crippen LogP contribution in [0.2, 0.25) is 0 Å². The zero-order valence-corrected chi connectivity index (χ0v) is 14.3. The van der Waals surface area contributed by atoms with Crippen molar-refractivity contribution in [3.05, 3.63) is 24.3 Å². The molecule has 4 nitrogen and oxygen atoms in total. The van der Waals surface area contributed by atoms with Crippen LogP contribution in [0.5, 0.6) is 0 Å². The molecule has 0 aliphatic carbocycles. The van der Waals surface area contributed by atoms with E-state index in [1.165, 1.54) is 0 Å². The van der Waals surface area contributed by atoms with Crippen molar-refractivity contribution in [2.75, 3.05) is 17.2 Å². The lowest BCUT2D eigenvalue weighted by Gasteiger charge is -2.26. The molecule has 1 aliphatic heterocycles. The van der Waals surface area contributed by atoms with E-state index in [2.05, 4.69) is 6.92 Å². The number of nitrogens with zero attached hydrogens (tertiary/aromatic N) is 1. The van der Waals surface area contributed by atoms with Crippen LogP contribution in [0.15, 0.2) is 29.2 Å². The predicted molar refractivity (Wildman–Crippen MR) is 90.0 cm³/mol. The Morgan fingerprint density at radius 3 is 2.81 bits per heavy atom. The third kappa shape index (κ3) is 4.14. The molecule has 1 aromatic rings. The van der Waals surface area contributed by atoms with Crippen LogP contribution in [0.3, 0.4) is 0 Å². The van der Waals surface area contributed by atoms with Crippen molar-refractivity contribution in [1.82, 2.24) is 4.31 Å². The van der Waals surface area contributed by atoms with Crippen molar-refractivity contribution in [3.8, 4) is 0 Å². The number of rotatable bonds is 6. The molecule has 0 spiro atoms. The molecule has 1 aromatic carbocycles. The summed E-state index contributed by atoms with van der Waals surface area (Å²) in [5.74, 6) is 0.749. The zero-order valence-electron chi connectivity index (χ0n) is 12.7. The molecule has 2 rings (SSSR count). The molecule has 21 heavy (non-hydrogen) atoms. The van der Waals surface area contributed by atoms with E-state index in [1.54, 1.807) is 16.1 Å². The van der Waals surface area contributed by atoms with E-state index in [0.717, 1.165) is 24.2 Å². The first-order chi connectivity index (χ1) is 9.94. The van der Waals surface area contributed by atoms with Crippen LogP contribution in [-0.4, -0.2) is 36.3 Å². The number of nitrogens with two attached hydrogens (primary N) is 1. The van der Waals surface area contributed by atoms with E-state index in [4.69, 9.17) is 5.73 Å². The van der Waals surface area contributed by atoms with Gasteiger partial charge in [-0.25, -0.2) is 8.42 Å². The first-order valence-corrected chi connectivity index (χ1v) is 10.0. The van der Waals surface area contributed by atoms with Crippen molar-refractivity contribution in [3.63, 3.8) is 0 Å². The second kappa shape index (κ2) is 7.03. The van der Waals surface area contributed by atoms with Gasteiger partial charge in [0.25, 0.3) is 0 Å². The van der Waals surface area contributed by atoms with Gasteiger partial charge in [0.1, 0.15) is 0 Å². The molecule has 1 heterocycles. The normalized spacial score (nSPS) is 23.5. The lowest BCUT2D eigenvalue weighted by molar-refractivity contribution is 0.329. The fourth-order valence-electron chi connectivity index (χ4n) is 2.91. The van der Waals surface area contributed by atoms with Crippen molar-refractivity contribution in [2.45, 2.75) is 50.1 Å². The Morgan fingerprint density at radius 1 is 1.38 bits per heavy atom. The summed E-state index contributed by atoms with van der Waals surface area (Å²) in [6.45, 7) is 4.07. The maximum atomic E-state index is 12.6. The number of hydrogen-bond acceptors (Lipinski definition) is 4.